The second-order valence-electron chi connectivity index (χ2n) is 2.28. The second-order valence-corrected chi connectivity index (χ2v) is 3.14. The molecule has 0 spiro atoms. The van der Waals surface area contributed by atoms with Crippen molar-refractivity contribution in [3.8, 4) is 10.8 Å². The summed E-state index contributed by atoms with van der Waals surface area (Å²) in [6, 6.07) is 3.66. The standard InChI is InChI=1S/C8H7NO2S/c10-4-6-5-12-8(9-6)7-2-1-3-11-7/h1-3,5,10H,4H2. The first-order chi connectivity index (χ1) is 5.90. The van der Waals surface area contributed by atoms with Crippen LogP contribution >= 0.6 is 11.3 Å². The average molecular weight is 181 g/mol. The number of rotatable bonds is 2. The average Bonchev–Trinajstić information content (AvgIpc) is 2.75. The SMILES string of the molecule is OCc1csc(-c2ccco2)n1. The molecule has 2 aromatic heterocycles. The lowest BCUT2D eigenvalue weighted by molar-refractivity contribution is 0.277. The Morgan fingerprint density at radius 2 is 2.50 bits per heavy atom. The van der Waals surface area contributed by atoms with Crippen molar-refractivity contribution in [3.05, 3.63) is 29.5 Å². The van der Waals surface area contributed by atoms with E-state index in [1.165, 1.54) is 11.3 Å². The highest BCUT2D eigenvalue weighted by molar-refractivity contribution is 7.13. The summed E-state index contributed by atoms with van der Waals surface area (Å²) in [5, 5.41) is 11.4. The van der Waals surface area contributed by atoms with E-state index in [2.05, 4.69) is 4.98 Å². The topological polar surface area (TPSA) is 46.3 Å². The van der Waals surface area contributed by atoms with Crippen LogP contribution in [0.5, 0.6) is 0 Å². The molecule has 0 atom stereocenters. The third-order valence-corrected chi connectivity index (χ3v) is 2.35. The van der Waals surface area contributed by atoms with E-state index in [9.17, 15) is 0 Å². The fourth-order valence-electron chi connectivity index (χ4n) is 0.893. The van der Waals surface area contributed by atoms with Gasteiger partial charge >= 0.3 is 0 Å². The van der Waals surface area contributed by atoms with E-state index in [1.54, 1.807) is 6.26 Å². The molecule has 0 aliphatic rings. The van der Waals surface area contributed by atoms with Crippen molar-refractivity contribution >= 4 is 11.3 Å². The Bertz CT molecular complexity index is 353. The maximum absolute atomic E-state index is 8.76. The van der Waals surface area contributed by atoms with Crippen LogP contribution in [0.4, 0.5) is 0 Å². The Balaban J connectivity index is 2.35. The van der Waals surface area contributed by atoms with Crippen LogP contribution in [0.15, 0.2) is 28.2 Å². The third kappa shape index (κ3) is 1.26. The minimum absolute atomic E-state index is 0.0167. The van der Waals surface area contributed by atoms with Crippen molar-refractivity contribution in [2.45, 2.75) is 6.61 Å². The van der Waals surface area contributed by atoms with Crippen molar-refractivity contribution in [3.63, 3.8) is 0 Å². The quantitative estimate of drug-likeness (QED) is 0.769. The lowest BCUT2D eigenvalue weighted by Crippen LogP contribution is -1.81. The molecule has 2 aromatic rings. The highest BCUT2D eigenvalue weighted by atomic mass is 32.1. The normalized spacial score (nSPS) is 10.4. The summed E-state index contributed by atoms with van der Waals surface area (Å²) in [6.07, 6.45) is 1.61. The van der Waals surface area contributed by atoms with E-state index in [0.717, 1.165) is 10.8 Å². The first-order valence-corrected chi connectivity index (χ1v) is 4.37. The minimum Gasteiger partial charge on any atom is -0.462 e. The van der Waals surface area contributed by atoms with Gasteiger partial charge in [0, 0.05) is 5.38 Å². The molecule has 0 amide bonds. The summed E-state index contributed by atoms with van der Waals surface area (Å²) in [4.78, 5) is 4.15. The smallest absolute Gasteiger partial charge is 0.162 e. The molecule has 0 saturated heterocycles. The molecule has 3 nitrogen and oxygen atoms in total. The van der Waals surface area contributed by atoms with Gasteiger partial charge in [0.25, 0.3) is 0 Å². The maximum Gasteiger partial charge on any atom is 0.162 e. The van der Waals surface area contributed by atoms with Gasteiger partial charge in [-0.25, -0.2) is 4.98 Å². The van der Waals surface area contributed by atoms with Gasteiger partial charge in [-0.05, 0) is 12.1 Å². The number of aromatic nitrogens is 1. The zero-order valence-corrected chi connectivity index (χ0v) is 7.04. The summed E-state index contributed by atoms with van der Waals surface area (Å²) in [6.45, 7) is -0.0167. The van der Waals surface area contributed by atoms with Crippen molar-refractivity contribution in [1.29, 1.82) is 0 Å². The van der Waals surface area contributed by atoms with Gasteiger partial charge in [-0.1, -0.05) is 0 Å². The second kappa shape index (κ2) is 3.08. The Morgan fingerprint density at radius 1 is 1.58 bits per heavy atom. The minimum atomic E-state index is -0.0167. The molecule has 0 unspecified atom stereocenters. The molecule has 0 saturated carbocycles. The molecule has 0 bridgehead atoms. The molecule has 12 heavy (non-hydrogen) atoms. The Morgan fingerprint density at radius 3 is 3.08 bits per heavy atom. The van der Waals surface area contributed by atoms with Crippen LogP contribution in [0.1, 0.15) is 5.69 Å². The van der Waals surface area contributed by atoms with E-state index >= 15 is 0 Å². The fourth-order valence-corrected chi connectivity index (χ4v) is 1.67. The third-order valence-electron chi connectivity index (χ3n) is 1.45. The van der Waals surface area contributed by atoms with Crippen LogP contribution in [0, 0.1) is 0 Å². The van der Waals surface area contributed by atoms with Gasteiger partial charge in [0.05, 0.1) is 18.6 Å². The lowest BCUT2D eigenvalue weighted by Gasteiger charge is -1.86. The number of hydrogen-bond donors (Lipinski definition) is 1. The summed E-state index contributed by atoms with van der Waals surface area (Å²) < 4.78 is 5.14. The van der Waals surface area contributed by atoms with Crippen molar-refractivity contribution in [1.82, 2.24) is 4.98 Å². The largest absolute Gasteiger partial charge is 0.462 e. The van der Waals surface area contributed by atoms with Gasteiger partial charge in [-0.3, -0.25) is 0 Å². The Labute approximate surface area is 73.3 Å². The summed E-state index contributed by atoms with van der Waals surface area (Å²) in [7, 11) is 0. The lowest BCUT2D eigenvalue weighted by atomic mass is 10.4. The van der Waals surface area contributed by atoms with E-state index in [-0.39, 0.29) is 6.61 Å². The van der Waals surface area contributed by atoms with E-state index in [1.807, 2.05) is 17.5 Å². The molecule has 4 heteroatoms. The fraction of sp³-hybridized carbons (Fsp3) is 0.125. The van der Waals surface area contributed by atoms with E-state index in [4.69, 9.17) is 9.52 Å². The summed E-state index contributed by atoms with van der Waals surface area (Å²) in [5.41, 5.74) is 0.686. The zero-order valence-electron chi connectivity index (χ0n) is 6.23. The molecule has 0 aliphatic heterocycles. The molecule has 0 aromatic carbocycles. The number of aliphatic hydroxyl groups is 1. The van der Waals surface area contributed by atoms with Crippen LogP contribution < -0.4 is 0 Å². The van der Waals surface area contributed by atoms with Crippen molar-refractivity contribution in [2.75, 3.05) is 0 Å². The van der Waals surface area contributed by atoms with Gasteiger partial charge < -0.3 is 9.52 Å². The van der Waals surface area contributed by atoms with Gasteiger partial charge in [0.2, 0.25) is 0 Å². The number of aliphatic hydroxyl groups excluding tert-OH is 1. The predicted molar refractivity (Wildman–Crippen MR) is 45.7 cm³/mol. The molecule has 1 N–H and O–H groups in total. The number of nitrogens with zero attached hydrogens (tertiary/aromatic N) is 1. The molecule has 2 heterocycles. The monoisotopic (exact) mass is 181 g/mol. The van der Waals surface area contributed by atoms with Crippen molar-refractivity contribution < 1.29 is 9.52 Å². The zero-order chi connectivity index (χ0) is 8.39. The van der Waals surface area contributed by atoms with E-state index < -0.39 is 0 Å². The molecule has 2 rings (SSSR count). The van der Waals surface area contributed by atoms with Crippen molar-refractivity contribution in [2.24, 2.45) is 0 Å². The van der Waals surface area contributed by atoms with E-state index in [0.29, 0.717) is 5.69 Å². The Hall–Kier alpha value is -1.13. The highest BCUT2D eigenvalue weighted by Crippen LogP contribution is 2.23. The van der Waals surface area contributed by atoms with Crippen LogP contribution in [0.3, 0.4) is 0 Å². The van der Waals surface area contributed by atoms with Crippen LogP contribution in [0.2, 0.25) is 0 Å². The first-order valence-electron chi connectivity index (χ1n) is 3.49. The molecule has 0 radical (unpaired) electrons. The van der Waals surface area contributed by atoms with Crippen LogP contribution in [-0.2, 0) is 6.61 Å². The van der Waals surface area contributed by atoms with Crippen LogP contribution in [-0.4, -0.2) is 10.1 Å². The number of hydrogen-bond acceptors (Lipinski definition) is 4. The Kier molecular flexibility index (Phi) is 1.93. The molecule has 0 fully saturated rings. The highest BCUT2D eigenvalue weighted by Gasteiger charge is 2.05. The summed E-state index contributed by atoms with van der Waals surface area (Å²) in [5.74, 6) is 0.750. The molecule has 0 aliphatic carbocycles. The molecular weight excluding hydrogens is 174 g/mol. The van der Waals surface area contributed by atoms with Gasteiger partial charge in [-0.15, -0.1) is 11.3 Å². The summed E-state index contributed by atoms with van der Waals surface area (Å²) >= 11 is 1.47. The van der Waals surface area contributed by atoms with Gasteiger partial charge in [0.15, 0.2) is 10.8 Å². The molecular formula is C8H7NO2S. The number of thiazole rings is 1. The van der Waals surface area contributed by atoms with Gasteiger partial charge in [0.1, 0.15) is 0 Å². The predicted octanol–water partition coefficient (Wildman–Crippen LogP) is 1.90. The molecule has 62 valence electrons. The van der Waals surface area contributed by atoms with Gasteiger partial charge in [-0.2, -0.15) is 0 Å². The first kappa shape index (κ1) is 7.52. The maximum atomic E-state index is 8.76. The number of furan rings is 1. The van der Waals surface area contributed by atoms with Crippen LogP contribution in [0.25, 0.3) is 10.8 Å².